The van der Waals surface area contributed by atoms with E-state index in [0.717, 1.165) is 0 Å². The second-order valence-corrected chi connectivity index (χ2v) is 11.5. The number of nitrogens with one attached hydrogen (secondary N) is 1. The van der Waals surface area contributed by atoms with Gasteiger partial charge >= 0.3 is 23.9 Å². The fourth-order valence-corrected chi connectivity index (χ4v) is 5.40. The van der Waals surface area contributed by atoms with Crippen molar-refractivity contribution >= 4 is 29.8 Å². The highest BCUT2D eigenvalue weighted by molar-refractivity contribution is 5.95. The molecule has 5 aromatic rings. The average molecular weight is 701 g/mol. The minimum Gasteiger partial charge on any atom is -0.459 e. The third-order valence-corrected chi connectivity index (χ3v) is 7.99. The molecule has 1 aliphatic rings. The van der Waals surface area contributed by atoms with E-state index in [2.05, 4.69) is 10.3 Å². The summed E-state index contributed by atoms with van der Waals surface area (Å²) in [5.74, 6) is -3.92. The van der Waals surface area contributed by atoms with Gasteiger partial charge in [0.1, 0.15) is 18.8 Å². The number of ether oxygens (including phenoxy) is 5. The molecule has 52 heavy (non-hydrogen) atoms. The number of carbonyl (C=O) groups is 5. The number of hydrogen-bond acceptors (Lipinski definition) is 11. The van der Waals surface area contributed by atoms with E-state index in [0.29, 0.717) is 0 Å². The molecule has 5 atom stereocenters. The van der Waals surface area contributed by atoms with Crippen molar-refractivity contribution < 1.29 is 47.7 Å². The van der Waals surface area contributed by atoms with Crippen LogP contribution in [0.3, 0.4) is 0 Å². The lowest BCUT2D eigenvalue weighted by atomic mass is 9.95. The van der Waals surface area contributed by atoms with Crippen molar-refractivity contribution in [2.45, 2.75) is 30.6 Å². The SMILES string of the molecule is O=C(N[C@@H]1[C@@H](OC(=O)c2ccccc2)O[C@H](COC(=O)c2ccccc2)[C@@H](OC(=O)c2ccccc2)[C@@H]1OC(=O)c1ccccc1)c1cccnc1. The van der Waals surface area contributed by atoms with Crippen LogP contribution in [0.15, 0.2) is 146 Å². The normalized spacial score (nSPS) is 19.3. The van der Waals surface area contributed by atoms with Gasteiger partial charge in [-0.05, 0) is 60.7 Å². The molecule has 1 fully saturated rings. The van der Waals surface area contributed by atoms with E-state index in [4.69, 9.17) is 23.7 Å². The highest BCUT2D eigenvalue weighted by Gasteiger charge is 2.53. The third kappa shape index (κ3) is 8.73. The van der Waals surface area contributed by atoms with Crippen LogP contribution in [-0.2, 0) is 23.7 Å². The van der Waals surface area contributed by atoms with Gasteiger partial charge in [0.25, 0.3) is 5.91 Å². The molecule has 262 valence electrons. The van der Waals surface area contributed by atoms with Crippen LogP contribution in [0.2, 0.25) is 0 Å². The first kappa shape index (κ1) is 35.2. The Hall–Kier alpha value is -6.66. The molecule has 1 N–H and O–H groups in total. The van der Waals surface area contributed by atoms with Gasteiger partial charge in [0, 0.05) is 12.4 Å². The van der Waals surface area contributed by atoms with Crippen LogP contribution in [0.25, 0.3) is 0 Å². The van der Waals surface area contributed by atoms with E-state index in [9.17, 15) is 24.0 Å². The molecule has 1 aromatic heterocycles. The molecule has 4 aromatic carbocycles. The summed E-state index contributed by atoms with van der Waals surface area (Å²) < 4.78 is 29.8. The minimum atomic E-state index is -1.66. The lowest BCUT2D eigenvalue weighted by Crippen LogP contribution is -2.67. The van der Waals surface area contributed by atoms with Gasteiger partial charge < -0.3 is 29.0 Å². The van der Waals surface area contributed by atoms with Crippen molar-refractivity contribution in [3.05, 3.63) is 174 Å². The van der Waals surface area contributed by atoms with Gasteiger partial charge in [-0.25, -0.2) is 19.2 Å². The summed E-state index contributed by atoms with van der Waals surface area (Å²) in [6.45, 7) is -0.539. The first-order valence-electron chi connectivity index (χ1n) is 16.2. The third-order valence-electron chi connectivity index (χ3n) is 7.99. The maximum Gasteiger partial charge on any atom is 0.340 e. The largest absolute Gasteiger partial charge is 0.459 e. The van der Waals surface area contributed by atoms with Crippen LogP contribution in [0.1, 0.15) is 51.8 Å². The van der Waals surface area contributed by atoms with E-state index in [1.54, 1.807) is 91.0 Å². The number of carbonyl (C=O) groups excluding carboxylic acids is 5. The van der Waals surface area contributed by atoms with Gasteiger partial charge in [-0.15, -0.1) is 0 Å². The van der Waals surface area contributed by atoms with E-state index in [1.807, 2.05) is 0 Å². The first-order valence-corrected chi connectivity index (χ1v) is 16.2. The molecule has 0 spiro atoms. The monoisotopic (exact) mass is 700 g/mol. The molecule has 0 unspecified atom stereocenters. The van der Waals surface area contributed by atoms with Crippen molar-refractivity contribution in [1.29, 1.82) is 0 Å². The smallest absolute Gasteiger partial charge is 0.340 e. The fourth-order valence-electron chi connectivity index (χ4n) is 5.40. The Kier molecular flexibility index (Phi) is 11.4. The Morgan fingerprint density at radius 1 is 0.538 bits per heavy atom. The summed E-state index contributed by atoms with van der Waals surface area (Å²) in [7, 11) is 0. The second kappa shape index (κ2) is 16.8. The number of pyridine rings is 1. The number of aromatic nitrogens is 1. The summed E-state index contributed by atoms with van der Waals surface area (Å²) in [4.78, 5) is 71.5. The lowest BCUT2D eigenvalue weighted by molar-refractivity contribution is -0.251. The molecule has 0 bridgehead atoms. The summed E-state index contributed by atoms with van der Waals surface area (Å²) in [5.41, 5.74) is 0.817. The number of esters is 4. The van der Waals surface area contributed by atoms with Gasteiger partial charge in [0.2, 0.25) is 6.29 Å². The molecular formula is C40H32N2O10. The van der Waals surface area contributed by atoms with Gasteiger partial charge in [0.05, 0.1) is 27.8 Å². The predicted molar refractivity (Wildman–Crippen MR) is 184 cm³/mol. The van der Waals surface area contributed by atoms with E-state index < -0.39 is 67.0 Å². The molecule has 12 nitrogen and oxygen atoms in total. The first-order chi connectivity index (χ1) is 25.4. The zero-order chi connectivity index (χ0) is 36.3. The Bertz CT molecular complexity index is 1980. The molecule has 1 amide bonds. The van der Waals surface area contributed by atoms with Gasteiger partial charge in [-0.3, -0.25) is 9.78 Å². The predicted octanol–water partition coefficient (Wildman–Crippen LogP) is 5.07. The molecule has 0 aliphatic carbocycles. The van der Waals surface area contributed by atoms with Crippen LogP contribution in [0.4, 0.5) is 0 Å². The highest BCUT2D eigenvalue weighted by atomic mass is 16.7. The van der Waals surface area contributed by atoms with Gasteiger partial charge in [-0.1, -0.05) is 72.8 Å². The minimum absolute atomic E-state index is 0.125. The van der Waals surface area contributed by atoms with Crippen LogP contribution in [0, 0.1) is 0 Å². The molecule has 1 saturated heterocycles. The number of benzene rings is 4. The van der Waals surface area contributed by atoms with E-state index >= 15 is 0 Å². The van der Waals surface area contributed by atoms with Crippen LogP contribution in [0.5, 0.6) is 0 Å². The number of nitrogens with zero attached hydrogens (tertiary/aromatic N) is 1. The van der Waals surface area contributed by atoms with Gasteiger partial charge in [-0.2, -0.15) is 0 Å². The van der Waals surface area contributed by atoms with E-state index in [-0.39, 0.29) is 27.8 Å². The van der Waals surface area contributed by atoms with E-state index in [1.165, 1.54) is 54.9 Å². The standard InChI is InChI=1S/C40H32N2O10/c43-35(30-22-13-23-41-24-30)42-32-34(51-38(46)28-18-9-3-10-19-28)33(50-37(45)27-16-7-2-8-17-27)31(25-48-36(44)26-14-5-1-6-15-26)49-40(32)52-39(47)29-20-11-4-12-21-29/h1-24,31-34,40H,25H2,(H,42,43)/t31-,32+,33-,34-,40-/m1/s1. The molecule has 12 heteroatoms. The molecule has 1 aliphatic heterocycles. The van der Waals surface area contributed by atoms with Crippen molar-refractivity contribution in [2.75, 3.05) is 6.61 Å². The zero-order valence-electron chi connectivity index (χ0n) is 27.5. The Morgan fingerprint density at radius 2 is 0.981 bits per heavy atom. The molecule has 2 heterocycles. The summed E-state index contributed by atoms with van der Waals surface area (Å²) in [6, 6.07) is 33.8. The number of hydrogen-bond donors (Lipinski definition) is 1. The molecule has 0 saturated carbocycles. The van der Waals surface area contributed by atoms with Gasteiger partial charge in [0.15, 0.2) is 12.2 Å². The number of amides is 1. The Morgan fingerprint density at radius 3 is 1.46 bits per heavy atom. The average Bonchev–Trinajstić information content (AvgIpc) is 3.20. The molecular weight excluding hydrogens is 668 g/mol. The topological polar surface area (TPSA) is 156 Å². The van der Waals surface area contributed by atoms with Crippen molar-refractivity contribution in [2.24, 2.45) is 0 Å². The summed E-state index contributed by atoms with van der Waals surface area (Å²) in [5, 5.41) is 2.75. The maximum atomic E-state index is 13.7. The Labute approximate surface area is 298 Å². The van der Waals surface area contributed by atoms with Crippen molar-refractivity contribution in [1.82, 2.24) is 10.3 Å². The van der Waals surface area contributed by atoms with Crippen molar-refractivity contribution in [3.63, 3.8) is 0 Å². The maximum absolute atomic E-state index is 13.7. The second-order valence-electron chi connectivity index (χ2n) is 11.5. The van der Waals surface area contributed by atoms with Crippen LogP contribution < -0.4 is 5.32 Å². The number of rotatable bonds is 11. The van der Waals surface area contributed by atoms with Crippen LogP contribution in [-0.4, -0.2) is 72.0 Å². The summed E-state index contributed by atoms with van der Waals surface area (Å²) in [6.07, 6.45) is -3.33. The fraction of sp³-hybridized carbons (Fsp3) is 0.150. The molecule has 6 rings (SSSR count). The zero-order valence-corrected chi connectivity index (χ0v) is 27.5. The molecule has 0 radical (unpaired) electrons. The highest BCUT2D eigenvalue weighted by Crippen LogP contribution is 2.30. The van der Waals surface area contributed by atoms with Crippen molar-refractivity contribution in [3.8, 4) is 0 Å². The van der Waals surface area contributed by atoms with Crippen LogP contribution >= 0.6 is 0 Å². The summed E-state index contributed by atoms with van der Waals surface area (Å²) >= 11 is 0. The quantitative estimate of drug-likeness (QED) is 0.145. The lowest BCUT2D eigenvalue weighted by Gasteiger charge is -2.44. The Balaban J connectivity index is 1.41.